The van der Waals surface area contributed by atoms with Crippen molar-refractivity contribution in [1.29, 1.82) is 5.41 Å². The molecule has 1 aromatic carbocycles. The summed E-state index contributed by atoms with van der Waals surface area (Å²) < 4.78 is 31.4. The number of nitrogens with zero attached hydrogens (tertiary/aromatic N) is 4. The van der Waals surface area contributed by atoms with Crippen LogP contribution in [0.4, 0.5) is 14.6 Å². The molecule has 3 heterocycles. The van der Waals surface area contributed by atoms with E-state index in [0.29, 0.717) is 53.1 Å². The van der Waals surface area contributed by atoms with Crippen molar-refractivity contribution in [2.75, 3.05) is 44.2 Å². The van der Waals surface area contributed by atoms with Gasteiger partial charge in [-0.2, -0.15) is 0 Å². The van der Waals surface area contributed by atoms with Gasteiger partial charge in [0.2, 0.25) is 0 Å². The van der Waals surface area contributed by atoms with Gasteiger partial charge < -0.3 is 20.2 Å². The van der Waals surface area contributed by atoms with E-state index in [1.807, 2.05) is 27.7 Å². The van der Waals surface area contributed by atoms with E-state index in [2.05, 4.69) is 4.90 Å². The van der Waals surface area contributed by atoms with Crippen molar-refractivity contribution in [3.8, 4) is 17.1 Å². The Morgan fingerprint density at radius 2 is 1.87 bits per heavy atom. The van der Waals surface area contributed by atoms with Gasteiger partial charge in [0.1, 0.15) is 18.2 Å². The fraction of sp³-hybridized carbons (Fsp3) is 0.552. The van der Waals surface area contributed by atoms with Crippen LogP contribution in [0.1, 0.15) is 51.8 Å². The van der Waals surface area contributed by atoms with Gasteiger partial charge in [-0.1, -0.05) is 30.5 Å². The lowest BCUT2D eigenvalue weighted by Gasteiger charge is -2.60. The summed E-state index contributed by atoms with van der Waals surface area (Å²) in [6, 6.07) is 5.27. The number of likely N-dealkylation sites (tertiary alicyclic amines) is 1. The first kappa shape index (κ1) is 29.4. The maximum atomic E-state index is 12.8. The number of rotatable bonds is 11. The van der Waals surface area contributed by atoms with E-state index in [1.54, 1.807) is 30.0 Å². The Morgan fingerprint density at radius 3 is 2.46 bits per heavy atom. The standard InChI is InChI=1S/C29H38ClF2N5O2/c1-6-7-20(38)12-39-21-8-9-23(30)22(10-21)27-34-26(25(17(2)3)19(5)33)18(4)28(35-27)37-15-29(16-37)13-36(14-29)11-24(31)32/h8-10,20,24,33,38H,6-7,11-16H2,1-5H3/t20-/m1/s1. The molecular formula is C29H38ClF2N5O2. The van der Waals surface area contributed by atoms with Gasteiger partial charge in [0.15, 0.2) is 5.82 Å². The first-order valence-electron chi connectivity index (χ1n) is 13.4. The lowest BCUT2D eigenvalue weighted by molar-refractivity contribution is -0.0515. The molecule has 7 nitrogen and oxygen atoms in total. The Morgan fingerprint density at radius 1 is 1.18 bits per heavy atom. The third-order valence-corrected chi connectivity index (χ3v) is 7.67. The van der Waals surface area contributed by atoms with E-state index in [1.165, 1.54) is 0 Å². The molecule has 2 aromatic rings. The summed E-state index contributed by atoms with van der Waals surface area (Å²) in [7, 11) is 0. The van der Waals surface area contributed by atoms with Crippen molar-refractivity contribution in [3.05, 3.63) is 40.1 Å². The second kappa shape index (κ2) is 11.9. The zero-order chi connectivity index (χ0) is 28.5. The van der Waals surface area contributed by atoms with Crippen LogP contribution in [0.15, 0.2) is 23.8 Å². The van der Waals surface area contributed by atoms with Gasteiger partial charge in [0.25, 0.3) is 6.43 Å². The third kappa shape index (κ3) is 6.42. The predicted molar refractivity (Wildman–Crippen MR) is 152 cm³/mol. The zero-order valence-corrected chi connectivity index (χ0v) is 24.1. The Balaban J connectivity index is 1.69. The molecule has 2 fully saturated rings. The van der Waals surface area contributed by atoms with Crippen molar-refractivity contribution in [2.45, 2.75) is 60.0 Å². The second-order valence-corrected chi connectivity index (χ2v) is 11.6. The van der Waals surface area contributed by atoms with E-state index in [0.717, 1.165) is 42.0 Å². The average molecular weight is 562 g/mol. The molecule has 0 aliphatic carbocycles. The summed E-state index contributed by atoms with van der Waals surface area (Å²) in [5.74, 6) is 1.73. The number of aliphatic hydroxyl groups excluding tert-OH is 1. The highest BCUT2D eigenvalue weighted by Gasteiger charge is 2.52. The lowest BCUT2D eigenvalue weighted by Crippen LogP contribution is -2.72. The zero-order valence-electron chi connectivity index (χ0n) is 23.3. The molecule has 1 atom stereocenters. The minimum atomic E-state index is -2.32. The Labute approximate surface area is 234 Å². The topological polar surface area (TPSA) is 85.6 Å². The van der Waals surface area contributed by atoms with Gasteiger partial charge in [-0.25, -0.2) is 18.7 Å². The summed E-state index contributed by atoms with van der Waals surface area (Å²) in [4.78, 5) is 13.8. The summed E-state index contributed by atoms with van der Waals surface area (Å²) in [6.45, 7) is 12.4. The largest absolute Gasteiger partial charge is 0.491 e. The second-order valence-electron chi connectivity index (χ2n) is 11.2. The molecule has 2 saturated heterocycles. The van der Waals surface area contributed by atoms with Crippen LogP contribution in [-0.4, -0.2) is 77.5 Å². The monoisotopic (exact) mass is 561 g/mol. The van der Waals surface area contributed by atoms with Crippen LogP contribution in [0.5, 0.6) is 5.75 Å². The summed E-state index contributed by atoms with van der Waals surface area (Å²) >= 11 is 6.63. The molecule has 0 bridgehead atoms. The van der Waals surface area contributed by atoms with Gasteiger partial charge in [-0.3, -0.25) is 4.90 Å². The number of alkyl halides is 2. The van der Waals surface area contributed by atoms with E-state index in [4.69, 9.17) is 31.7 Å². The fourth-order valence-corrected chi connectivity index (χ4v) is 5.88. The summed E-state index contributed by atoms with van der Waals surface area (Å²) in [5.41, 5.74) is 4.28. The van der Waals surface area contributed by atoms with Crippen molar-refractivity contribution in [2.24, 2.45) is 5.41 Å². The molecule has 2 N–H and O–H groups in total. The molecule has 212 valence electrons. The Hall–Kier alpha value is -2.62. The number of ether oxygens (including phenoxy) is 1. The smallest absolute Gasteiger partial charge is 0.251 e. The Kier molecular flexibility index (Phi) is 8.93. The van der Waals surface area contributed by atoms with Crippen molar-refractivity contribution < 1.29 is 18.6 Å². The van der Waals surface area contributed by atoms with Gasteiger partial charge >= 0.3 is 0 Å². The SMILES string of the molecule is CCC[C@@H](O)COc1ccc(Cl)c(-c2nc(C(C(C)=N)=C(C)C)c(C)c(N3CC4(CN(CC(F)F)C4)C3)n2)c1. The number of halogens is 3. The molecule has 0 unspecified atom stereocenters. The van der Waals surface area contributed by atoms with Crippen LogP contribution >= 0.6 is 11.6 Å². The molecule has 0 radical (unpaired) electrons. The minimum Gasteiger partial charge on any atom is -0.491 e. The molecule has 1 spiro atoms. The number of anilines is 1. The highest BCUT2D eigenvalue weighted by molar-refractivity contribution is 6.33. The van der Waals surface area contributed by atoms with Crippen LogP contribution in [0.3, 0.4) is 0 Å². The number of hydrogen-bond donors (Lipinski definition) is 2. The van der Waals surface area contributed by atoms with E-state index in [9.17, 15) is 13.9 Å². The molecule has 0 saturated carbocycles. The molecule has 0 amide bonds. The van der Waals surface area contributed by atoms with Crippen LogP contribution in [-0.2, 0) is 0 Å². The van der Waals surface area contributed by atoms with Gasteiger partial charge in [-0.05, 0) is 52.3 Å². The summed E-state index contributed by atoms with van der Waals surface area (Å²) in [6.07, 6.45) is -1.36. The minimum absolute atomic E-state index is 0.00807. The molecule has 1 aromatic heterocycles. The van der Waals surface area contributed by atoms with E-state index >= 15 is 0 Å². The third-order valence-electron chi connectivity index (χ3n) is 7.34. The fourth-order valence-electron chi connectivity index (χ4n) is 5.68. The first-order chi connectivity index (χ1) is 18.4. The van der Waals surface area contributed by atoms with Crippen LogP contribution in [0.2, 0.25) is 5.02 Å². The first-order valence-corrected chi connectivity index (χ1v) is 13.8. The van der Waals surface area contributed by atoms with Crippen molar-refractivity contribution >= 4 is 28.7 Å². The number of hydrogen-bond acceptors (Lipinski definition) is 7. The van der Waals surface area contributed by atoms with Gasteiger partial charge in [0.05, 0.1) is 23.4 Å². The van der Waals surface area contributed by atoms with Crippen LogP contribution in [0.25, 0.3) is 17.0 Å². The number of allylic oxidation sites excluding steroid dienone is 2. The predicted octanol–water partition coefficient (Wildman–Crippen LogP) is 5.87. The quantitative estimate of drug-likeness (QED) is 0.334. The molecule has 10 heteroatoms. The molecule has 2 aliphatic rings. The summed E-state index contributed by atoms with van der Waals surface area (Å²) in [5, 5.41) is 19.0. The number of nitrogens with one attached hydrogen (secondary N) is 1. The number of aliphatic hydroxyl groups is 1. The van der Waals surface area contributed by atoms with Crippen molar-refractivity contribution in [3.63, 3.8) is 0 Å². The lowest BCUT2D eigenvalue weighted by atomic mass is 9.72. The maximum Gasteiger partial charge on any atom is 0.251 e. The Bertz CT molecular complexity index is 1250. The maximum absolute atomic E-state index is 12.8. The van der Waals surface area contributed by atoms with Crippen molar-refractivity contribution in [1.82, 2.24) is 14.9 Å². The number of aromatic nitrogens is 2. The molecular weight excluding hydrogens is 524 g/mol. The highest BCUT2D eigenvalue weighted by Crippen LogP contribution is 2.44. The molecule has 2 aliphatic heterocycles. The van der Waals surface area contributed by atoms with E-state index in [-0.39, 0.29) is 18.6 Å². The van der Waals surface area contributed by atoms with Crippen LogP contribution in [0, 0.1) is 17.7 Å². The highest BCUT2D eigenvalue weighted by atomic mass is 35.5. The normalized spacial score (nSPS) is 17.1. The molecule has 39 heavy (non-hydrogen) atoms. The average Bonchev–Trinajstić information content (AvgIpc) is 2.80. The molecule has 4 rings (SSSR count). The van der Waals surface area contributed by atoms with E-state index < -0.39 is 12.5 Å². The number of benzene rings is 1. The van der Waals surface area contributed by atoms with Gasteiger partial charge in [-0.15, -0.1) is 0 Å². The van der Waals surface area contributed by atoms with Crippen LogP contribution < -0.4 is 9.64 Å². The van der Waals surface area contributed by atoms with Gasteiger partial charge in [0, 0.05) is 54.0 Å².